The molecule has 0 bridgehead atoms. The van der Waals surface area contributed by atoms with Crippen molar-refractivity contribution in [3.05, 3.63) is 0 Å². The molecule has 0 aromatic heterocycles. The second-order valence-corrected chi connectivity index (χ2v) is 25.9. The van der Waals surface area contributed by atoms with Crippen molar-refractivity contribution in [3.63, 3.8) is 0 Å². The summed E-state index contributed by atoms with van der Waals surface area (Å²) in [4.78, 5) is 0. The molecule has 4 heteroatoms. The van der Waals surface area contributed by atoms with Crippen molar-refractivity contribution in [3.8, 4) is 0 Å². The summed E-state index contributed by atoms with van der Waals surface area (Å²) >= 11 is 7.14. The number of rotatable bonds is 0. The van der Waals surface area contributed by atoms with E-state index in [2.05, 4.69) is 66.1 Å². The van der Waals surface area contributed by atoms with Crippen LogP contribution in [-0.4, -0.2) is 0 Å². The maximum absolute atomic E-state index is 2.38. The van der Waals surface area contributed by atoms with Crippen LogP contribution >= 0.6 is 67.0 Å². The van der Waals surface area contributed by atoms with E-state index in [0.717, 1.165) is 0 Å². The van der Waals surface area contributed by atoms with Crippen LogP contribution in [0.4, 0.5) is 0 Å². The van der Waals surface area contributed by atoms with Gasteiger partial charge in [0.25, 0.3) is 0 Å². The molecule has 0 radical (unpaired) electrons. The third-order valence-corrected chi connectivity index (χ3v) is 0. The lowest BCUT2D eigenvalue weighted by Crippen LogP contribution is -0.858. The van der Waals surface area contributed by atoms with E-state index in [4.69, 9.17) is 0 Å². The van der Waals surface area contributed by atoms with Gasteiger partial charge in [-0.3, -0.25) is 0 Å². The Morgan fingerprint density at radius 1 is 0.833 bits per heavy atom. The van der Waals surface area contributed by atoms with E-state index in [-0.39, 0.29) is 15.7 Å². The molecule has 0 rings (SSSR count). The van der Waals surface area contributed by atoms with E-state index in [9.17, 15) is 0 Å². The summed E-state index contributed by atoms with van der Waals surface area (Å²) in [6.07, 6.45) is 0. The van der Waals surface area contributed by atoms with Crippen LogP contribution in [0.5, 0.6) is 0 Å². The summed E-state index contributed by atoms with van der Waals surface area (Å²) in [7, 11) is 0. The zero-order chi connectivity index (χ0) is 3.58. The first-order valence-electron chi connectivity index (χ1n) is 0.507. The Morgan fingerprint density at radius 2 is 0.833 bits per heavy atom. The van der Waals surface area contributed by atoms with Gasteiger partial charge in [0.05, 0.1) is 0.849 Å². The summed E-state index contributed by atoms with van der Waals surface area (Å²) in [6.45, 7) is 0. The smallest absolute Gasteiger partial charge is 0.0776 e. The molecule has 0 aromatic rings. The van der Waals surface area contributed by atoms with Gasteiger partial charge in [0.15, 0.2) is 0 Å². The van der Waals surface area contributed by atoms with Crippen LogP contribution in [-0.2, 0) is 0 Å². The molecule has 0 aliphatic carbocycles. The van der Waals surface area contributed by atoms with E-state index in [1.165, 1.54) is 0 Å². The molecule has 0 aliphatic rings. The Kier molecular flexibility index (Phi) is 27.9. The van der Waals surface area contributed by atoms with E-state index in [1.54, 1.807) is 0 Å². The number of halogens is 3. The van der Waals surface area contributed by atoms with E-state index >= 15 is 0 Å². The van der Waals surface area contributed by atoms with Gasteiger partial charge in [-0.05, 0) is 66.1 Å². The molecule has 0 nitrogen and oxygen atoms in total. The lowest BCUT2D eigenvalue weighted by atomic mass is 12.0. The Hall–Kier alpha value is 2.62. The zero-order valence-electron chi connectivity index (χ0n) is 1.58. The fraction of sp³-hybridized carbons (Fsp3) is 1.00. The predicted molar refractivity (Wildman–Crippen MR) is 62.4 cm³/mol. The van der Waals surface area contributed by atoms with Gasteiger partial charge >= 0.3 is 0 Å². The van der Waals surface area contributed by atoms with Gasteiger partial charge in [0.1, 0.15) is 0 Å². The van der Waals surface area contributed by atoms with Crippen molar-refractivity contribution in [2.75, 3.05) is 0 Å². The molecule has 0 aromatic carbocycles. The van der Waals surface area contributed by atoms with Crippen LogP contribution in [0.15, 0.2) is 0 Å². The molecular formula is C2H8I3P. The molecule has 6 heavy (non-hydrogen) atoms. The van der Waals surface area contributed by atoms with E-state index in [0.29, 0.717) is 0 Å². The molecule has 0 N–H and O–H groups in total. The van der Waals surface area contributed by atoms with Crippen molar-refractivity contribution < 1.29 is 0 Å². The second-order valence-electron chi connectivity index (χ2n) is 0.192. The van der Waals surface area contributed by atoms with E-state index < -0.39 is 0 Å². The van der Waals surface area contributed by atoms with Crippen LogP contribution in [0.3, 0.4) is 0 Å². The molecule has 0 amide bonds. The van der Waals surface area contributed by atoms with Gasteiger partial charge in [0, 0.05) is 0 Å². The highest BCUT2D eigenvalue weighted by atomic mass is 127. The Bertz CT molecular complexity index is 13.5. The fourth-order valence-corrected chi connectivity index (χ4v) is 0. The summed E-state index contributed by atoms with van der Waals surface area (Å²) < 4.78 is 0.290. The van der Waals surface area contributed by atoms with Crippen LogP contribution in [0, 0.1) is 0 Å². The standard InChI is InChI=1S/2CH4.I3P/c;;1-4(2)3/h2*1H4;. The highest BCUT2D eigenvalue weighted by Crippen LogP contribution is 2.61. The molecule has 0 heterocycles. The minimum atomic E-state index is 0. The Morgan fingerprint density at radius 3 is 0.833 bits per heavy atom. The van der Waals surface area contributed by atoms with Gasteiger partial charge in [-0.25, -0.2) is 0 Å². The van der Waals surface area contributed by atoms with Crippen LogP contribution in [0.25, 0.3) is 0 Å². The van der Waals surface area contributed by atoms with Crippen molar-refractivity contribution >= 4 is 67.0 Å². The van der Waals surface area contributed by atoms with Crippen LogP contribution in [0.1, 0.15) is 14.9 Å². The summed E-state index contributed by atoms with van der Waals surface area (Å²) in [5.74, 6) is 0. The number of hydrogen-bond acceptors (Lipinski definition) is 0. The van der Waals surface area contributed by atoms with Crippen LogP contribution in [0.2, 0.25) is 0 Å². The van der Waals surface area contributed by atoms with Gasteiger partial charge in [-0.15, -0.1) is 0 Å². The molecule has 0 saturated carbocycles. The topological polar surface area (TPSA) is 0 Å². The van der Waals surface area contributed by atoms with Crippen LogP contribution < -0.4 is 0 Å². The normalized spacial score (nSPS) is 6.00. The Balaban J connectivity index is -0.0000000450. The molecule has 0 aliphatic heterocycles. The van der Waals surface area contributed by atoms with Gasteiger partial charge in [-0.2, -0.15) is 0 Å². The number of hydrogen-bond donors (Lipinski definition) is 0. The molecule has 0 spiro atoms. The summed E-state index contributed by atoms with van der Waals surface area (Å²) in [6, 6.07) is 0. The van der Waals surface area contributed by atoms with Crippen molar-refractivity contribution in [2.45, 2.75) is 14.9 Å². The zero-order valence-corrected chi connectivity index (χ0v) is 8.95. The third-order valence-electron chi connectivity index (χ3n) is 0. The summed E-state index contributed by atoms with van der Waals surface area (Å²) in [5, 5.41) is 0. The predicted octanol–water partition coefficient (Wildman–Crippen LogP) is 4.79. The van der Waals surface area contributed by atoms with Gasteiger partial charge in [-0.1, -0.05) is 14.9 Å². The highest BCUT2D eigenvalue weighted by molar-refractivity contribution is 14.4. The minimum Gasteiger partial charge on any atom is -0.0776 e. The third kappa shape index (κ3) is 30.5. The first kappa shape index (κ1) is 15.8. The quantitative estimate of drug-likeness (QED) is 0.373. The average molecular weight is 444 g/mol. The SMILES string of the molecule is C.C.IP(I)I. The first-order valence-corrected chi connectivity index (χ1v) is 10.2. The maximum atomic E-state index is 2.38. The molecular weight excluding hydrogens is 436 g/mol. The molecule has 0 saturated heterocycles. The summed E-state index contributed by atoms with van der Waals surface area (Å²) in [5.41, 5.74) is 0. The second kappa shape index (κ2) is 10.6. The fourth-order valence-electron chi connectivity index (χ4n) is 0. The van der Waals surface area contributed by atoms with Crippen molar-refractivity contribution in [1.82, 2.24) is 0 Å². The van der Waals surface area contributed by atoms with Crippen molar-refractivity contribution in [1.29, 1.82) is 0 Å². The monoisotopic (exact) mass is 444 g/mol. The minimum absolute atomic E-state index is 0. The maximum Gasteiger partial charge on any atom is 0.0884 e. The molecule has 0 unspecified atom stereocenters. The Labute approximate surface area is 80.4 Å². The lowest BCUT2D eigenvalue weighted by Gasteiger charge is -1.70. The first-order chi connectivity index (χ1) is 1.73. The lowest BCUT2D eigenvalue weighted by molar-refractivity contribution is 2.50. The molecule has 0 fully saturated rings. The largest absolute Gasteiger partial charge is 0.0884 e. The van der Waals surface area contributed by atoms with Gasteiger partial charge < -0.3 is 0 Å². The van der Waals surface area contributed by atoms with Gasteiger partial charge in [0.2, 0.25) is 0 Å². The molecule has 0 atom stereocenters. The van der Waals surface area contributed by atoms with Crippen molar-refractivity contribution in [2.24, 2.45) is 0 Å². The average Bonchev–Trinajstić information content (AvgIpc) is 0.811. The molecule has 42 valence electrons. The van der Waals surface area contributed by atoms with E-state index in [1.807, 2.05) is 0 Å². The highest BCUT2D eigenvalue weighted by Gasteiger charge is 1.76.